The number of primary amides is 1. The predicted octanol–water partition coefficient (Wildman–Crippen LogP) is -4.79. The zero-order chi connectivity index (χ0) is 77.2. The monoisotopic (exact) mass is 1430 g/mol. The Morgan fingerprint density at radius 2 is 1.24 bits per heavy atom. The highest BCUT2D eigenvalue weighted by molar-refractivity contribution is 5.99. The zero-order valence-corrected chi connectivity index (χ0v) is 60.0. The van der Waals surface area contributed by atoms with Crippen LogP contribution >= 0.6 is 0 Å². The van der Waals surface area contributed by atoms with Crippen LogP contribution in [0.25, 0.3) is 0 Å². The number of nitrogens with one attached hydrogen (secondary N) is 9. The highest BCUT2D eigenvalue weighted by atomic mass is 16.5. The SMILES string of the molecule is CCC(C)/C=C(C)/C=C\C(O)C(C)(O)C(=O)NCC(=O)N[C@H](C(=O)N[C@H](C(=O)NC(C(=O)N[C@H](C(=O)N[C@@H](COC)C(=O)NCC(=O)N[C@@H](C)C(=O)N(C)[C@H](C(=O)N[C@H](C(=O)N1CCCC[C@H]1C(=O)O)C(OC)c1ccc(O)cc1)[C@@H](C)O)C(O)C(C)C)[C@@H](C)[C@@H](C)C(N)=O)C(C)N)[C@@H](C)O. The number of allylic oxidation sites excluding steroid dienone is 3. The number of amides is 12. The van der Waals surface area contributed by atoms with Crippen molar-refractivity contribution in [2.24, 2.45) is 35.1 Å². The van der Waals surface area contributed by atoms with Gasteiger partial charge in [0.15, 0.2) is 5.60 Å². The molecule has 101 heavy (non-hydrogen) atoms. The van der Waals surface area contributed by atoms with Crippen LogP contribution in [0.1, 0.15) is 120 Å². The van der Waals surface area contributed by atoms with Gasteiger partial charge in [-0.3, -0.25) is 57.5 Å². The number of carboxylic acid groups (broad SMARTS) is 1. The Labute approximate surface area is 587 Å². The number of ether oxygens (including phenoxy) is 2. The van der Waals surface area contributed by atoms with Crippen molar-refractivity contribution >= 4 is 76.9 Å². The lowest BCUT2D eigenvalue weighted by Gasteiger charge is -2.38. The van der Waals surface area contributed by atoms with Crippen molar-refractivity contribution in [2.75, 3.05) is 47.5 Å². The minimum atomic E-state index is -2.44. The molecular weight excluding hydrogens is 1330 g/mol. The van der Waals surface area contributed by atoms with Gasteiger partial charge in [-0.25, -0.2) is 4.79 Å². The molecule has 35 nitrogen and oxygen atoms in total. The lowest BCUT2D eigenvalue weighted by atomic mass is 9.87. The van der Waals surface area contributed by atoms with Crippen molar-refractivity contribution in [1.82, 2.24) is 57.7 Å². The van der Waals surface area contributed by atoms with Crippen LogP contribution in [0.3, 0.4) is 0 Å². The summed E-state index contributed by atoms with van der Waals surface area (Å²) in [7, 11) is 3.49. The Morgan fingerprint density at radius 1 is 0.703 bits per heavy atom. The van der Waals surface area contributed by atoms with Crippen molar-refractivity contribution < 1.29 is 108 Å². The first-order valence-electron chi connectivity index (χ1n) is 33.1. The molecule has 1 fully saturated rings. The Hall–Kier alpha value is -8.71. The van der Waals surface area contributed by atoms with E-state index in [2.05, 4.69) is 47.9 Å². The van der Waals surface area contributed by atoms with Gasteiger partial charge in [0.1, 0.15) is 72.3 Å². The van der Waals surface area contributed by atoms with E-state index in [1.807, 2.05) is 19.9 Å². The van der Waals surface area contributed by atoms with Gasteiger partial charge in [0.2, 0.25) is 65.0 Å². The molecule has 0 saturated carbocycles. The Morgan fingerprint density at radius 3 is 1.76 bits per heavy atom. The summed E-state index contributed by atoms with van der Waals surface area (Å²) in [6.45, 7) is 14.7. The van der Waals surface area contributed by atoms with Gasteiger partial charge in [-0.15, -0.1) is 0 Å². The van der Waals surface area contributed by atoms with E-state index < -0.39 is 211 Å². The number of aliphatic carboxylic acids is 1. The Bertz CT molecular complexity index is 3090. The second kappa shape index (κ2) is 41.3. The molecular formula is C66H107N13O22. The van der Waals surface area contributed by atoms with Gasteiger partial charge in [0.05, 0.1) is 38.0 Å². The number of hydrogen-bond acceptors (Lipinski definition) is 22. The van der Waals surface area contributed by atoms with E-state index in [1.54, 1.807) is 6.92 Å². The second-order valence-electron chi connectivity index (χ2n) is 26.1. The van der Waals surface area contributed by atoms with E-state index in [4.69, 9.17) is 20.9 Å². The summed E-state index contributed by atoms with van der Waals surface area (Å²) in [5.74, 6) is -17.6. The fraction of sp³-hybridized carbons (Fsp3) is 0.652. The fourth-order valence-corrected chi connectivity index (χ4v) is 10.7. The number of phenolic OH excluding ortho intramolecular Hbond substituents is 1. The van der Waals surface area contributed by atoms with E-state index in [0.717, 1.165) is 49.8 Å². The number of carbonyl (C=O) groups is 13. The van der Waals surface area contributed by atoms with Crippen LogP contribution in [0.4, 0.5) is 0 Å². The lowest BCUT2D eigenvalue weighted by Crippen LogP contribution is -2.65. The van der Waals surface area contributed by atoms with Crippen molar-refractivity contribution in [1.29, 1.82) is 0 Å². The molecule has 1 aliphatic heterocycles. The number of carbonyl (C=O) groups excluding carboxylic acids is 12. The summed E-state index contributed by atoms with van der Waals surface area (Å²) in [5, 5.41) is 95.5. The normalized spacial score (nSPS) is 19.0. The number of phenols is 1. The standard InChI is InChI=1S/C66H107N13O22/c1-16-32(4)27-33(5)20-25-44(83)66(12,99)65(98)70-29-46(85)73-49(38(10)80)59(91)75-48(36(8)67)58(90)74-47(34(6)35(7)55(68)87)57(89)76-50(53(86)31(2)3)60(92)72-42(30-100-14)56(88)69-28-45(84)71-37(9)62(94)78(13)52(39(11)81)61(93)77-51(54(101-15)40-21-23-41(82)24-22-40)63(95)79-26-18-17-19-43(79)64(96)97/h20-25,27,31-32,34-39,42-44,47-54,80-83,86,99H,16-19,26,28-30,67H2,1-15H3,(H2,68,87)(H,69,88)(H,70,98)(H,71,84)(H,72,92)(H,73,85)(H,74,90)(H,75,91)(H,76,89)(H,77,93)(H,96,97)/b25-20-,33-27+/t32?,34-,35+,36?,37-,38+,39+,42-,43-,44?,47?,48-,49-,50-,51-,52-,53?,54?,66?/m0/s1. The van der Waals surface area contributed by atoms with Crippen LogP contribution in [0.15, 0.2) is 48.1 Å². The zero-order valence-electron chi connectivity index (χ0n) is 60.0. The number of carboxylic acids is 1. The Kier molecular flexibility index (Phi) is 36.1. The number of methoxy groups -OCH3 is 2. The molecule has 0 bridgehead atoms. The Balaban J connectivity index is 2.33. The maximum absolute atomic E-state index is 14.5. The van der Waals surface area contributed by atoms with Gasteiger partial charge >= 0.3 is 5.97 Å². The number of likely N-dealkylation sites (tertiary alicyclic amines) is 1. The molecule has 12 amide bonds. The lowest BCUT2D eigenvalue weighted by molar-refractivity contribution is -0.156. The molecule has 1 aliphatic rings. The van der Waals surface area contributed by atoms with E-state index >= 15 is 0 Å². The smallest absolute Gasteiger partial charge is 0.326 e. The highest BCUT2D eigenvalue weighted by Gasteiger charge is 2.45. The van der Waals surface area contributed by atoms with Crippen molar-refractivity contribution in [2.45, 2.75) is 205 Å². The predicted molar refractivity (Wildman–Crippen MR) is 363 cm³/mol. The minimum Gasteiger partial charge on any atom is -0.508 e. The fourth-order valence-electron chi connectivity index (χ4n) is 10.7. The molecule has 7 unspecified atom stereocenters. The average molecular weight is 1430 g/mol. The molecule has 1 heterocycles. The summed E-state index contributed by atoms with van der Waals surface area (Å²) < 4.78 is 10.8. The van der Waals surface area contributed by atoms with Crippen LogP contribution in [0, 0.1) is 23.7 Å². The van der Waals surface area contributed by atoms with Crippen molar-refractivity contribution in [3.8, 4) is 5.75 Å². The molecule has 19 atom stereocenters. The summed E-state index contributed by atoms with van der Waals surface area (Å²) in [4.78, 5) is 179. The van der Waals surface area contributed by atoms with Crippen molar-refractivity contribution in [3.63, 3.8) is 0 Å². The quantitative estimate of drug-likeness (QED) is 0.0274. The van der Waals surface area contributed by atoms with Crippen LogP contribution in [0.2, 0.25) is 0 Å². The third kappa shape index (κ3) is 26.3. The number of likely N-dealkylation sites (N-methyl/N-ethyl adjacent to an activating group) is 1. The molecule has 0 radical (unpaired) electrons. The van der Waals surface area contributed by atoms with Gasteiger partial charge < -0.3 is 114 Å². The summed E-state index contributed by atoms with van der Waals surface area (Å²) in [6.07, 6.45) is -1.58. The number of nitrogens with zero attached hydrogens (tertiary/aromatic N) is 2. The summed E-state index contributed by atoms with van der Waals surface area (Å²) in [6, 6.07) is -11.2. The maximum Gasteiger partial charge on any atom is 0.326 e. The average Bonchev–Trinajstić information content (AvgIpc) is 0.804. The second-order valence-corrected chi connectivity index (χ2v) is 26.1. The molecule has 0 aromatic heterocycles. The van der Waals surface area contributed by atoms with Crippen LogP contribution < -0.4 is 59.3 Å². The number of nitrogens with two attached hydrogens (primary N) is 2. The molecule has 1 saturated heterocycles. The number of hydrogen-bond donors (Lipinski definition) is 18. The van der Waals surface area contributed by atoms with Gasteiger partial charge in [0, 0.05) is 39.8 Å². The number of aliphatic hydroxyl groups is 5. The first kappa shape index (κ1) is 88.4. The molecule has 1 aromatic rings. The molecule has 2 rings (SSSR count). The molecule has 0 aliphatic carbocycles. The number of benzene rings is 1. The van der Waals surface area contributed by atoms with Gasteiger partial charge in [-0.05, 0) is 96.3 Å². The maximum atomic E-state index is 14.5. The van der Waals surface area contributed by atoms with Gasteiger partial charge in [-0.1, -0.05) is 83.9 Å². The third-order valence-corrected chi connectivity index (χ3v) is 17.4. The molecule has 1 aromatic carbocycles. The van der Waals surface area contributed by atoms with Crippen LogP contribution in [0.5, 0.6) is 5.75 Å². The van der Waals surface area contributed by atoms with E-state index in [-0.39, 0.29) is 30.2 Å². The van der Waals surface area contributed by atoms with Crippen LogP contribution in [-0.4, -0.2) is 260 Å². The topological polar surface area (TPSA) is 549 Å². The van der Waals surface area contributed by atoms with Gasteiger partial charge in [-0.2, -0.15) is 0 Å². The third-order valence-electron chi connectivity index (χ3n) is 17.4. The minimum absolute atomic E-state index is 0.0142. The summed E-state index contributed by atoms with van der Waals surface area (Å²) >= 11 is 0. The number of piperidine rings is 1. The van der Waals surface area contributed by atoms with Gasteiger partial charge in [0.25, 0.3) is 5.91 Å². The first-order valence-corrected chi connectivity index (χ1v) is 33.1. The van der Waals surface area contributed by atoms with Crippen molar-refractivity contribution in [3.05, 3.63) is 53.6 Å². The van der Waals surface area contributed by atoms with E-state index in [1.165, 1.54) is 92.0 Å². The molecule has 568 valence electrons. The number of aromatic hydroxyl groups is 1. The molecule has 0 spiro atoms. The number of aliphatic hydroxyl groups excluding tert-OH is 4. The highest BCUT2D eigenvalue weighted by Crippen LogP contribution is 2.28. The number of rotatable bonds is 40. The van der Waals surface area contributed by atoms with Crippen LogP contribution in [-0.2, 0) is 71.8 Å². The van der Waals surface area contributed by atoms with E-state index in [0.29, 0.717) is 12.8 Å². The molecule has 35 heteroatoms. The first-order chi connectivity index (χ1) is 47.0. The largest absolute Gasteiger partial charge is 0.508 e. The molecule has 20 N–H and O–H groups in total. The van der Waals surface area contributed by atoms with E-state index in [9.17, 15) is 98.1 Å². The summed E-state index contributed by atoms with van der Waals surface area (Å²) in [5.41, 5.74) is 10.4.